The van der Waals surface area contributed by atoms with Crippen LogP contribution in [0.2, 0.25) is 0 Å². The third kappa shape index (κ3) is 3.27. The number of carbonyl (C=O) groups excluding carboxylic acids is 1. The summed E-state index contributed by atoms with van der Waals surface area (Å²) in [7, 11) is 0. The van der Waals surface area contributed by atoms with Crippen molar-refractivity contribution < 1.29 is 14.7 Å². The summed E-state index contributed by atoms with van der Waals surface area (Å²) in [4.78, 5) is 21.6. The molecule has 0 aliphatic heterocycles. The molecule has 0 radical (unpaired) electrons. The molecular weight excluding hydrogens is 208 g/mol. The number of hydrogen-bond acceptors (Lipinski definition) is 4. The normalized spacial score (nSPS) is 12.6. The van der Waals surface area contributed by atoms with Crippen molar-refractivity contribution in [3.63, 3.8) is 0 Å². The maximum absolute atomic E-state index is 10.9. The largest absolute Gasteiger partial charge is 0.479 e. The highest BCUT2D eigenvalue weighted by Crippen LogP contribution is 2.13. The van der Waals surface area contributed by atoms with Gasteiger partial charge in [-0.3, -0.25) is 4.79 Å². The van der Waals surface area contributed by atoms with E-state index in [-0.39, 0.29) is 0 Å². The number of hydrogen-bond donors (Lipinski definition) is 1. The zero-order chi connectivity index (χ0) is 12.1. The van der Waals surface area contributed by atoms with Crippen molar-refractivity contribution in [2.75, 3.05) is 0 Å². The third-order valence-electron chi connectivity index (χ3n) is 1.94. The molecule has 0 heterocycles. The molecular formula is C11H12N2O3. The molecule has 1 N–H and O–H groups in total. The minimum atomic E-state index is -1.42. The molecule has 0 aliphatic carbocycles. The number of ketones is 1. The number of carboxylic acid groups (broad SMARTS) is 1. The molecule has 1 unspecified atom stereocenters. The van der Waals surface area contributed by atoms with E-state index >= 15 is 0 Å². The lowest BCUT2D eigenvalue weighted by Gasteiger charge is -2.00. The summed E-state index contributed by atoms with van der Waals surface area (Å²) in [6.45, 7) is 3.10. The zero-order valence-corrected chi connectivity index (χ0v) is 9.04. The van der Waals surface area contributed by atoms with Crippen molar-refractivity contribution in [3.05, 3.63) is 29.8 Å². The van der Waals surface area contributed by atoms with Gasteiger partial charge in [0.05, 0.1) is 5.69 Å². The molecule has 0 aliphatic rings. The molecule has 1 aromatic carbocycles. The number of aliphatic carboxylic acids is 1. The van der Waals surface area contributed by atoms with Gasteiger partial charge in [-0.05, 0) is 26.0 Å². The predicted octanol–water partition coefficient (Wildman–Crippen LogP) is 2.12. The molecule has 5 nitrogen and oxygen atoms in total. The first kappa shape index (κ1) is 12.0. The van der Waals surface area contributed by atoms with Gasteiger partial charge in [-0.15, -0.1) is 0 Å². The molecule has 5 heteroatoms. The molecule has 0 fully saturated rings. The highest BCUT2D eigenvalue weighted by Gasteiger charge is 2.21. The molecule has 0 saturated heterocycles. The number of benzene rings is 1. The molecule has 0 spiro atoms. The van der Waals surface area contributed by atoms with E-state index in [1.807, 2.05) is 19.1 Å². The summed E-state index contributed by atoms with van der Waals surface area (Å²) < 4.78 is 0. The number of azo groups is 1. The monoisotopic (exact) mass is 220 g/mol. The number of nitrogens with zero attached hydrogens (tertiary/aromatic N) is 2. The first-order valence-electron chi connectivity index (χ1n) is 4.71. The molecule has 1 rings (SSSR count). The highest BCUT2D eigenvalue weighted by atomic mass is 16.4. The van der Waals surface area contributed by atoms with E-state index in [2.05, 4.69) is 10.2 Å². The lowest BCUT2D eigenvalue weighted by molar-refractivity contribution is -0.141. The lowest BCUT2D eigenvalue weighted by atomic mass is 10.2. The van der Waals surface area contributed by atoms with E-state index in [4.69, 9.17) is 5.11 Å². The van der Waals surface area contributed by atoms with Crippen molar-refractivity contribution in [2.45, 2.75) is 19.9 Å². The minimum Gasteiger partial charge on any atom is -0.479 e. The predicted molar refractivity (Wildman–Crippen MR) is 57.8 cm³/mol. The Kier molecular flexibility index (Phi) is 3.88. The van der Waals surface area contributed by atoms with Crippen LogP contribution >= 0.6 is 0 Å². The average molecular weight is 220 g/mol. The number of aryl methyl sites for hydroxylation is 1. The second kappa shape index (κ2) is 5.16. The summed E-state index contributed by atoms with van der Waals surface area (Å²) in [5, 5.41) is 15.9. The Morgan fingerprint density at radius 2 is 1.81 bits per heavy atom. The Labute approximate surface area is 92.8 Å². The Balaban J connectivity index is 2.82. The van der Waals surface area contributed by atoms with Crippen LogP contribution in [0.4, 0.5) is 5.69 Å². The van der Waals surface area contributed by atoms with Crippen molar-refractivity contribution in [1.29, 1.82) is 0 Å². The fourth-order valence-corrected chi connectivity index (χ4v) is 1.04. The van der Waals surface area contributed by atoms with Crippen LogP contribution in [0.3, 0.4) is 0 Å². The standard InChI is InChI=1S/C11H12N2O3/c1-7-3-5-9(6-4-7)12-13-10(8(2)14)11(15)16/h3-6,10H,1-2H3,(H,15,16). The van der Waals surface area contributed by atoms with Gasteiger partial charge in [-0.2, -0.15) is 10.2 Å². The second-order valence-corrected chi connectivity index (χ2v) is 3.40. The van der Waals surface area contributed by atoms with Gasteiger partial charge in [-0.1, -0.05) is 17.7 Å². The second-order valence-electron chi connectivity index (χ2n) is 3.40. The lowest BCUT2D eigenvalue weighted by Crippen LogP contribution is -2.25. The Morgan fingerprint density at radius 1 is 1.25 bits per heavy atom. The van der Waals surface area contributed by atoms with E-state index in [1.54, 1.807) is 12.1 Å². The number of carboxylic acids is 1. The van der Waals surface area contributed by atoms with Crippen molar-refractivity contribution in [3.8, 4) is 0 Å². The summed E-state index contributed by atoms with van der Waals surface area (Å²) in [5.41, 5.74) is 1.60. The summed E-state index contributed by atoms with van der Waals surface area (Å²) in [6.07, 6.45) is 0. The fourth-order valence-electron chi connectivity index (χ4n) is 1.04. The van der Waals surface area contributed by atoms with Crippen molar-refractivity contribution in [1.82, 2.24) is 0 Å². The van der Waals surface area contributed by atoms with E-state index in [1.165, 1.54) is 6.92 Å². The van der Waals surface area contributed by atoms with Gasteiger partial charge < -0.3 is 5.11 Å². The van der Waals surface area contributed by atoms with E-state index in [9.17, 15) is 9.59 Å². The van der Waals surface area contributed by atoms with Crippen LogP contribution in [-0.2, 0) is 9.59 Å². The number of rotatable bonds is 4. The summed E-state index contributed by atoms with van der Waals surface area (Å²) in [6, 6.07) is 5.66. The highest BCUT2D eigenvalue weighted by molar-refractivity contribution is 6.01. The van der Waals surface area contributed by atoms with Crippen LogP contribution in [0.25, 0.3) is 0 Å². The Bertz CT molecular complexity index is 409. The minimum absolute atomic E-state index is 0.526. The molecule has 16 heavy (non-hydrogen) atoms. The van der Waals surface area contributed by atoms with Gasteiger partial charge in [0.25, 0.3) is 0 Å². The van der Waals surface area contributed by atoms with Gasteiger partial charge in [0.1, 0.15) is 0 Å². The molecule has 0 amide bonds. The van der Waals surface area contributed by atoms with Crippen LogP contribution in [0.1, 0.15) is 12.5 Å². The Morgan fingerprint density at radius 3 is 2.25 bits per heavy atom. The summed E-state index contributed by atoms with van der Waals surface area (Å²) >= 11 is 0. The van der Waals surface area contributed by atoms with Gasteiger partial charge in [0.2, 0.25) is 6.04 Å². The van der Waals surface area contributed by atoms with Gasteiger partial charge in [0, 0.05) is 0 Å². The van der Waals surface area contributed by atoms with E-state index < -0.39 is 17.8 Å². The van der Waals surface area contributed by atoms with Crippen molar-refractivity contribution in [2.24, 2.45) is 10.2 Å². The van der Waals surface area contributed by atoms with Crippen LogP contribution < -0.4 is 0 Å². The van der Waals surface area contributed by atoms with E-state index in [0.29, 0.717) is 5.69 Å². The first-order chi connectivity index (χ1) is 7.50. The molecule has 0 bridgehead atoms. The molecule has 0 aromatic heterocycles. The summed E-state index contributed by atoms with van der Waals surface area (Å²) in [5.74, 6) is -1.83. The van der Waals surface area contributed by atoms with E-state index in [0.717, 1.165) is 5.56 Å². The maximum Gasteiger partial charge on any atom is 0.338 e. The first-order valence-corrected chi connectivity index (χ1v) is 4.71. The Hall–Kier alpha value is -2.04. The topological polar surface area (TPSA) is 79.1 Å². The van der Waals surface area contributed by atoms with Crippen molar-refractivity contribution >= 4 is 17.4 Å². The third-order valence-corrected chi connectivity index (χ3v) is 1.94. The fraction of sp³-hybridized carbons (Fsp3) is 0.273. The van der Waals surface area contributed by atoms with Crippen LogP contribution in [0.5, 0.6) is 0 Å². The van der Waals surface area contributed by atoms with Crippen LogP contribution in [-0.4, -0.2) is 22.9 Å². The van der Waals surface area contributed by atoms with Gasteiger partial charge >= 0.3 is 5.97 Å². The number of Topliss-reactive ketones (excluding diaryl/α,β-unsaturated/α-hetero) is 1. The van der Waals surface area contributed by atoms with Crippen LogP contribution in [0, 0.1) is 6.92 Å². The molecule has 1 atom stereocenters. The smallest absolute Gasteiger partial charge is 0.338 e. The molecule has 1 aromatic rings. The van der Waals surface area contributed by atoms with Gasteiger partial charge in [0.15, 0.2) is 5.78 Å². The van der Waals surface area contributed by atoms with Gasteiger partial charge in [-0.25, -0.2) is 4.79 Å². The SMILES string of the molecule is CC(=O)C(N=Nc1ccc(C)cc1)C(=O)O. The molecule has 84 valence electrons. The average Bonchev–Trinajstić information content (AvgIpc) is 2.20. The quantitative estimate of drug-likeness (QED) is 0.623. The maximum atomic E-state index is 10.9. The van der Waals surface area contributed by atoms with Crippen LogP contribution in [0.15, 0.2) is 34.5 Å². The zero-order valence-electron chi connectivity index (χ0n) is 9.04. The number of carbonyl (C=O) groups is 2. The molecule has 0 saturated carbocycles.